The molecule has 0 aliphatic carbocycles. The van der Waals surface area contributed by atoms with Gasteiger partial charge in [-0.3, -0.25) is 9.63 Å². The second-order valence-electron chi connectivity index (χ2n) is 14.0. The highest BCUT2D eigenvalue weighted by Gasteiger charge is 2.49. The van der Waals surface area contributed by atoms with Gasteiger partial charge in [0.15, 0.2) is 0 Å². The average Bonchev–Trinajstić information content (AvgIpc) is 3.44. The molecule has 0 aliphatic rings. The van der Waals surface area contributed by atoms with Gasteiger partial charge in [0.05, 0.1) is 12.8 Å². The van der Waals surface area contributed by atoms with Crippen molar-refractivity contribution < 1.29 is 24.0 Å². The lowest BCUT2D eigenvalue weighted by Crippen LogP contribution is -2.65. The maximum Gasteiger partial charge on any atom is 0.407 e. The summed E-state index contributed by atoms with van der Waals surface area (Å²) in [5, 5.41) is 5.83. The quantitative estimate of drug-likeness (QED) is 0.136. The van der Waals surface area contributed by atoms with Crippen molar-refractivity contribution in [2.24, 2.45) is 7.05 Å². The minimum atomic E-state index is -3.15. The zero-order valence-corrected chi connectivity index (χ0v) is 30.5. The van der Waals surface area contributed by atoms with E-state index in [0.717, 1.165) is 39.4 Å². The van der Waals surface area contributed by atoms with Crippen LogP contribution in [0.4, 0.5) is 4.79 Å². The van der Waals surface area contributed by atoms with E-state index in [1.54, 1.807) is 18.7 Å². The highest BCUT2D eigenvalue weighted by molar-refractivity contribution is 6.98. The van der Waals surface area contributed by atoms with Crippen LogP contribution >= 0.6 is 0 Å². The number of hydrogen-bond acceptors (Lipinski definition) is 6. The summed E-state index contributed by atoms with van der Waals surface area (Å²) in [6, 6.07) is 27.9. The molecule has 0 unspecified atom stereocenters. The van der Waals surface area contributed by atoms with E-state index in [2.05, 4.69) is 24.1 Å². The molecule has 0 bridgehead atoms. The molecule has 1 aromatic heterocycles. The maximum absolute atomic E-state index is 12.9. The molecule has 3 aromatic carbocycles. The number of carbonyl (C=O) groups is 2. The fourth-order valence-corrected chi connectivity index (χ4v) is 9.89. The molecule has 1 heterocycles. The van der Waals surface area contributed by atoms with Gasteiger partial charge in [0.1, 0.15) is 5.60 Å². The second kappa shape index (κ2) is 15.3. The molecule has 0 saturated heterocycles. The number of ether oxygens (including phenoxy) is 1. The van der Waals surface area contributed by atoms with Gasteiger partial charge >= 0.3 is 12.0 Å². The Kier molecular flexibility index (Phi) is 11.7. The highest BCUT2D eigenvalue weighted by atomic mass is 28.4. The van der Waals surface area contributed by atoms with Gasteiger partial charge in [-0.2, -0.15) is 0 Å². The number of nitrogens with zero attached hydrogens (tertiary/aromatic N) is 3. The van der Waals surface area contributed by atoms with Gasteiger partial charge in [0.2, 0.25) is 5.82 Å². The van der Waals surface area contributed by atoms with E-state index in [1.165, 1.54) is 7.11 Å². The number of imidazole rings is 1. The molecule has 0 aliphatic heterocycles. The number of hydrogen-bond donors (Lipinski definition) is 2. The molecule has 0 spiro atoms. The van der Waals surface area contributed by atoms with E-state index in [0.29, 0.717) is 18.5 Å². The SMILES string of the molecule is CON(C)C(=O)c1nc(-c2ccc(C[C@@H](CCCC(C)(C)[Si](O)(c3ccccc3)c3ccccc3)NC(=O)OC(C)(C)C)cc2)cn1C. The summed E-state index contributed by atoms with van der Waals surface area (Å²) in [5.74, 6) is -0.0618. The summed E-state index contributed by atoms with van der Waals surface area (Å²) < 4.78 is 7.31. The Morgan fingerprint density at radius 2 is 1.50 bits per heavy atom. The maximum atomic E-state index is 12.9. The van der Waals surface area contributed by atoms with Crippen LogP contribution in [0.25, 0.3) is 11.3 Å². The molecule has 256 valence electrons. The van der Waals surface area contributed by atoms with Gasteiger partial charge in [-0.05, 0) is 61.0 Å². The van der Waals surface area contributed by atoms with Crippen molar-refractivity contribution in [2.45, 2.75) is 77.0 Å². The Hall–Kier alpha value is -4.25. The fourth-order valence-electron chi connectivity index (χ4n) is 6.10. The van der Waals surface area contributed by atoms with E-state index < -0.39 is 25.0 Å². The lowest BCUT2D eigenvalue weighted by molar-refractivity contribution is -0.0766. The van der Waals surface area contributed by atoms with E-state index in [9.17, 15) is 14.4 Å². The summed E-state index contributed by atoms with van der Waals surface area (Å²) >= 11 is 0. The zero-order valence-electron chi connectivity index (χ0n) is 29.5. The third-order valence-electron chi connectivity index (χ3n) is 8.80. The first-order chi connectivity index (χ1) is 22.6. The van der Waals surface area contributed by atoms with Crippen LogP contribution in [0, 0.1) is 0 Å². The van der Waals surface area contributed by atoms with Gasteiger partial charge in [-0.15, -0.1) is 0 Å². The Morgan fingerprint density at radius 1 is 0.938 bits per heavy atom. The lowest BCUT2D eigenvalue weighted by atomic mass is 9.97. The average molecular weight is 671 g/mol. The van der Waals surface area contributed by atoms with E-state index in [1.807, 2.05) is 112 Å². The zero-order chi connectivity index (χ0) is 35.1. The van der Waals surface area contributed by atoms with Gasteiger partial charge < -0.3 is 19.4 Å². The molecule has 0 fully saturated rings. The largest absolute Gasteiger partial charge is 0.444 e. The normalized spacial score (nSPS) is 12.8. The first kappa shape index (κ1) is 36.6. The smallest absolute Gasteiger partial charge is 0.407 e. The van der Waals surface area contributed by atoms with Crippen molar-refractivity contribution in [1.29, 1.82) is 0 Å². The standard InChI is InChI=1S/C38H50N4O5Si/c1-37(2,3)47-36(44)39-30(26-28-21-23-29(24-22-28)33-27-41(6)34(40-33)35(43)42(7)46-8)16-15-25-38(4,5)48(45,31-17-11-9-12-18-31)32-19-13-10-14-20-32/h9-14,17-24,27,30,45H,15-16,25-26H2,1-8H3,(H,39,44)/t30-/m1/s1. The van der Waals surface area contributed by atoms with Crippen molar-refractivity contribution >= 4 is 30.7 Å². The first-order valence-electron chi connectivity index (χ1n) is 16.4. The van der Waals surface area contributed by atoms with Crippen LogP contribution in [0.1, 0.15) is 70.1 Å². The second-order valence-corrected chi connectivity index (χ2v) is 17.9. The van der Waals surface area contributed by atoms with Gasteiger partial charge in [-0.25, -0.2) is 14.8 Å². The fraction of sp³-hybridized carbons (Fsp3) is 0.395. The van der Waals surface area contributed by atoms with Crippen LogP contribution in [-0.4, -0.2) is 65.5 Å². The number of aromatic nitrogens is 2. The van der Waals surface area contributed by atoms with Crippen molar-refractivity contribution in [3.8, 4) is 11.3 Å². The number of aryl methyl sites for hydroxylation is 1. The highest BCUT2D eigenvalue weighted by Crippen LogP contribution is 2.40. The topological polar surface area (TPSA) is 106 Å². The van der Waals surface area contributed by atoms with Crippen LogP contribution in [0.3, 0.4) is 0 Å². The molecule has 1 atom stereocenters. The molecular weight excluding hydrogens is 621 g/mol. The van der Waals surface area contributed by atoms with Crippen LogP contribution in [0.5, 0.6) is 0 Å². The molecule has 2 N–H and O–H groups in total. The number of alkyl carbamates (subject to hydrolysis) is 1. The molecule has 10 heteroatoms. The minimum absolute atomic E-state index is 0.187. The third-order valence-corrected chi connectivity index (χ3v) is 13.3. The Morgan fingerprint density at radius 3 is 2.02 bits per heavy atom. The van der Waals surface area contributed by atoms with Crippen molar-refractivity contribution in [1.82, 2.24) is 19.9 Å². The third kappa shape index (κ3) is 8.80. The Bertz CT molecular complexity index is 1610. The molecule has 0 radical (unpaired) electrons. The number of benzene rings is 3. The molecule has 2 amide bonds. The van der Waals surface area contributed by atoms with Crippen LogP contribution in [0.2, 0.25) is 5.04 Å². The summed E-state index contributed by atoms with van der Waals surface area (Å²) in [4.78, 5) is 47.7. The van der Waals surface area contributed by atoms with Crippen molar-refractivity contribution in [2.75, 3.05) is 14.2 Å². The van der Waals surface area contributed by atoms with E-state index in [-0.39, 0.29) is 17.8 Å². The number of nitrogens with one attached hydrogen (secondary N) is 1. The van der Waals surface area contributed by atoms with Crippen molar-refractivity contribution in [3.63, 3.8) is 0 Å². The number of carbonyl (C=O) groups excluding carboxylic acids is 2. The minimum Gasteiger partial charge on any atom is -0.444 e. The molecule has 9 nitrogen and oxygen atoms in total. The number of rotatable bonds is 13. The Balaban J connectivity index is 1.52. The predicted molar refractivity (Wildman–Crippen MR) is 193 cm³/mol. The molecule has 4 rings (SSSR count). The Labute approximate surface area is 286 Å². The summed E-state index contributed by atoms with van der Waals surface area (Å²) in [5.41, 5.74) is 1.98. The molecule has 4 aromatic rings. The predicted octanol–water partition coefficient (Wildman–Crippen LogP) is 5.86. The van der Waals surface area contributed by atoms with Gasteiger partial charge in [0, 0.05) is 31.9 Å². The molecular formula is C38H50N4O5Si. The lowest BCUT2D eigenvalue weighted by Gasteiger charge is -2.41. The van der Waals surface area contributed by atoms with Gasteiger partial charge in [-0.1, -0.05) is 105 Å². The summed E-state index contributed by atoms with van der Waals surface area (Å²) in [6.07, 6.45) is 4.23. The van der Waals surface area contributed by atoms with Crippen molar-refractivity contribution in [3.05, 3.63) is 103 Å². The van der Waals surface area contributed by atoms with Crippen LogP contribution < -0.4 is 15.7 Å². The summed E-state index contributed by atoms with van der Waals surface area (Å²) in [6.45, 7) is 9.89. The first-order valence-corrected chi connectivity index (χ1v) is 18.4. The monoisotopic (exact) mass is 670 g/mol. The van der Waals surface area contributed by atoms with E-state index >= 15 is 0 Å². The number of amides is 2. The molecule has 0 saturated carbocycles. The van der Waals surface area contributed by atoms with E-state index in [4.69, 9.17) is 9.57 Å². The molecule has 48 heavy (non-hydrogen) atoms. The van der Waals surface area contributed by atoms with Gasteiger partial charge in [0.25, 0.3) is 8.32 Å². The van der Waals surface area contributed by atoms with Crippen LogP contribution in [0.15, 0.2) is 91.1 Å². The van der Waals surface area contributed by atoms with Crippen LogP contribution in [-0.2, 0) is 23.0 Å². The number of hydroxylamine groups is 2. The summed E-state index contributed by atoms with van der Waals surface area (Å²) in [7, 11) is 1.61.